The van der Waals surface area contributed by atoms with Crippen molar-refractivity contribution >= 4 is 11.9 Å². The summed E-state index contributed by atoms with van der Waals surface area (Å²) in [5, 5.41) is 0. The highest BCUT2D eigenvalue weighted by molar-refractivity contribution is 5.74. The van der Waals surface area contributed by atoms with E-state index in [0.29, 0.717) is 35.5 Å². The van der Waals surface area contributed by atoms with Gasteiger partial charge in [-0.15, -0.1) is 0 Å². The van der Waals surface area contributed by atoms with Crippen LogP contribution in [0.15, 0.2) is 0 Å². The number of esters is 2. The van der Waals surface area contributed by atoms with Gasteiger partial charge >= 0.3 is 11.9 Å². The third-order valence-corrected chi connectivity index (χ3v) is 8.79. The predicted octanol–water partition coefficient (Wildman–Crippen LogP) is 5.60. The van der Waals surface area contributed by atoms with Gasteiger partial charge in [-0.3, -0.25) is 9.59 Å². The van der Waals surface area contributed by atoms with Crippen LogP contribution < -0.4 is 0 Å². The smallest absolute Gasteiger partial charge is 0.311 e. The van der Waals surface area contributed by atoms with Crippen LogP contribution in [0.2, 0.25) is 0 Å². The molecular formula is C27H44O5. The first-order valence-electron chi connectivity index (χ1n) is 12.9. The van der Waals surface area contributed by atoms with Gasteiger partial charge in [0.05, 0.1) is 17.9 Å². The van der Waals surface area contributed by atoms with Crippen molar-refractivity contribution in [2.75, 3.05) is 6.79 Å². The summed E-state index contributed by atoms with van der Waals surface area (Å²) < 4.78 is 17.1. The van der Waals surface area contributed by atoms with Crippen molar-refractivity contribution in [1.29, 1.82) is 0 Å². The Kier molecular flexibility index (Phi) is 6.46. The largest absolute Gasteiger partial charge is 0.459 e. The average Bonchev–Trinajstić information content (AvgIpc) is 3.30. The lowest BCUT2D eigenvalue weighted by Crippen LogP contribution is -2.41. The van der Waals surface area contributed by atoms with Gasteiger partial charge in [-0.1, -0.05) is 27.7 Å². The molecule has 9 atom stereocenters. The summed E-state index contributed by atoms with van der Waals surface area (Å²) in [4.78, 5) is 25.7. The minimum Gasteiger partial charge on any atom is -0.459 e. The Bertz CT molecular complexity index is 724. The number of rotatable bonds is 7. The number of hydrogen-bond acceptors (Lipinski definition) is 5. The van der Waals surface area contributed by atoms with E-state index in [4.69, 9.17) is 14.2 Å². The molecular weight excluding hydrogens is 404 g/mol. The van der Waals surface area contributed by atoms with Crippen LogP contribution in [0.3, 0.4) is 0 Å². The second-order valence-corrected chi connectivity index (χ2v) is 13.2. The lowest BCUT2D eigenvalue weighted by atomic mass is 9.71. The maximum absolute atomic E-state index is 12.9. The fourth-order valence-electron chi connectivity index (χ4n) is 8.18. The second-order valence-electron chi connectivity index (χ2n) is 13.2. The molecule has 5 nitrogen and oxygen atoms in total. The quantitative estimate of drug-likeness (QED) is 0.288. The Hall–Kier alpha value is -1.10. The molecule has 0 aromatic rings. The number of carbonyl (C=O) groups is 2. The molecule has 0 radical (unpaired) electrons. The summed E-state index contributed by atoms with van der Waals surface area (Å²) in [5.41, 5.74) is -0.243. The number of carbonyl (C=O) groups excluding carboxylic acids is 2. The van der Waals surface area contributed by atoms with Gasteiger partial charge < -0.3 is 14.2 Å². The van der Waals surface area contributed by atoms with Crippen LogP contribution in [0, 0.1) is 52.8 Å². The van der Waals surface area contributed by atoms with E-state index in [-0.39, 0.29) is 47.7 Å². The molecule has 0 aromatic carbocycles. The minimum absolute atomic E-state index is 0.0250. The summed E-state index contributed by atoms with van der Waals surface area (Å²) in [5.74, 6) is 3.39. The highest BCUT2D eigenvalue weighted by Crippen LogP contribution is 2.68. The Morgan fingerprint density at radius 3 is 2.25 bits per heavy atom. The molecule has 0 aromatic heterocycles. The summed E-state index contributed by atoms with van der Waals surface area (Å²) in [7, 11) is 0. The molecule has 9 unspecified atom stereocenters. The molecule has 4 aliphatic carbocycles. The highest BCUT2D eigenvalue weighted by Gasteiger charge is 2.65. The van der Waals surface area contributed by atoms with E-state index in [1.54, 1.807) is 0 Å². The molecule has 4 fully saturated rings. The molecule has 0 spiro atoms. The van der Waals surface area contributed by atoms with Crippen molar-refractivity contribution in [3.63, 3.8) is 0 Å². The minimum atomic E-state index is -0.359. The third-order valence-electron chi connectivity index (χ3n) is 8.79. The Morgan fingerprint density at radius 1 is 0.969 bits per heavy atom. The normalized spacial score (nSPS) is 40.9. The van der Waals surface area contributed by atoms with Crippen molar-refractivity contribution in [3.05, 3.63) is 0 Å². The SMILES string of the molecule is CC(C)OCOC(=O)C1CC2CC1C1C3CC(CC(C)(OC(=O)C(C)CC(C)(C)C)C3)C21. The van der Waals surface area contributed by atoms with Gasteiger partial charge in [0.15, 0.2) is 6.79 Å². The average molecular weight is 449 g/mol. The van der Waals surface area contributed by atoms with Crippen LogP contribution in [-0.2, 0) is 23.8 Å². The van der Waals surface area contributed by atoms with Crippen LogP contribution in [0.25, 0.3) is 0 Å². The Labute approximate surface area is 194 Å². The van der Waals surface area contributed by atoms with E-state index >= 15 is 0 Å². The zero-order valence-electron chi connectivity index (χ0n) is 21.2. The molecule has 32 heavy (non-hydrogen) atoms. The number of fused-ring (bicyclic) bond motifs is 9. The first-order valence-corrected chi connectivity index (χ1v) is 12.9. The highest BCUT2D eigenvalue weighted by atomic mass is 16.7. The maximum atomic E-state index is 12.9. The predicted molar refractivity (Wildman–Crippen MR) is 122 cm³/mol. The van der Waals surface area contributed by atoms with Crippen LogP contribution in [0.5, 0.6) is 0 Å². The van der Waals surface area contributed by atoms with E-state index in [1.165, 1.54) is 12.8 Å². The lowest BCUT2D eigenvalue weighted by Gasteiger charge is -2.39. The van der Waals surface area contributed by atoms with Crippen molar-refractivity contribution in [3.8, 4) is 0 Å². The van der Waals surface area contributed by atoms with Crippen LogP contribution in [0.4, 0.5) is 0 Å². The van der Waals surface area contributed by atoms with Crippen molar-refractivity contribution in [2.45, 2.75) is 98.7 Å². The second kappa shape index (κ2) is 8.60. The molecule has 0 amide bonds. The summed E-state index contributed by atoms with van der Waals surface area (Å²) in [6.07, 6.45) is 6.22. The summed E-state index contributed by atoms with van der Waals surface area (Å²) in [6.45, 7) is 14.6. The van der Waals surface area contributed by atoms with Crippen LogP contribution >= 0.6 is 0 Å². The number of hydrogen-bond donors (Lipinski definition) is 0. The van der Waals surface area contributed by atoms with Crippen molar-refractivity contribution in [2.24, 2.45) is 52.8 Å². The first kappa shape index (κ1) is 24.0. The topological polar surface area (TPSA) is 61.8 Å². The van der Waals surface area contributed by atoms with E-state index in [2.05, 4.69) is 27.7 Å². The summed E-state index contributed by atoms with van der Waals surface area (Å²) >= 11 is 0. The van der Waals surface area contributed by atoms with Crippen molar-refractivity contribution < 1.29 is 23.8 Å². The fraction of sp³-hybridized carbons (Fsp3) is 0.926. The zero-order valence-corrected chi connectivity index (χ0v) is 21.2. The lowest BCUT2D eigenvalue weighted by molar-refractivity contribution is -0.169. The van der Waals surface area contributed by atoms with Crippen molar-refractivity contribution in [1.82, 2.24) is 0 Å². The van der Waals surface area contributed by atoms with Crippen LogP contribution in [-0.4, -0.2) is 30.4 Å². The molecule has 0 heterocycles. The first-order chi connectivity index (χ1) is 14.9. The van der Waals surface area contributed by atoms with E-state index < -0.39 is 0 Å². The van der Waals surface area contributed by atoms with Gasteiger partial charge in [0.1, 0.15) is 5.60 Å². The maximum Gasteiger partial charge on any atom is 0.311 e. The Morgan fingerprint density at radius 2 is 1.62 bits per heavy atom. The molecule has 0 saturated heterocycles. The van der Waals surface area contributed by atoms with Crippen LogP contribution in [0.1, 0.15) is 87.0 Å². The Balaban J connectivity index is 1.39. The molecule has 4 bridgehead atoms. The van der Waals surface area contributed by atoms with Gasteiger partial charge in [-0.05, 0) is 100 Å². The molecule has 182 valence electrons. The van der Waals surface area contributed by atoms with E-state index in [1.807, 2.05) is 20.8 Å². The fourth-order valence-corrected chi connectivity index (χ4v) is 8.18. The summed E-state index contributed by atoms with van der Waals surface area (Å²) in [6, 6.07) is 0. The van der Waals surface area contributed by atoms with Gasteiger partial charge in [0.25, 0.3) is 0 Å². The van der Waals surface area contributed by atoms with Gasteiger partial charge in [-0.25, -0.2) is 0 Å². The molecule has 4 aliphatic rings. The van der Waals surface area contributed by atoms with Gasteiger partial charge in [0.2, 0.25) is 0 Å². The van der Waals surface area contributed by atoms with E-state index in [9.17, 15) is 9.59 Å². The molecule has 0 N–H and O–H groups in total. The standard InChI is InChI=1S/C27H44O5/c1-15(2)30-14-31-25(29)21-10-17-9-20(21)23-19-8-18(22(17)23)12-27(7,13-19)32-24(28)16(3)11-26(4,5)6/h15-23H,8-14H2,1-7H3. The third kappa shape index (κ3) is 4.74. The number of ether oxygens (including phenoxy) is 3. The van der Waals surface area contributed by atoms with E-state index in [0.717, 1.165) is 25.7 Å². The monoisotopic (exact) mass is 448 g/mol. The van der Waals surface area contributed by atoms with Gasteiger partial charge in [0, 0.05) is 0 Å². The van der Waals surface area contributed by atoms with Gasteiger partial charge in [-0.2, -0.15) is 0 Å². The zero-order chi connectivity index (χ0) is 23.4. The molecule has 0 aliphatic heterocycles. The molecule has 5 heteroatoms. The molecule has 4 saturated carbocycles. The molecule has 4 rings (SSSR count).